The van der Waals surface area contributed by atoms with Crippen LogP contribution in [0.5, 0.6) is 0 Å². The molecule has 5 heteroatoms. The van der Waals surface area contributed by atoms with Crippen molar-refractivity contribution in [1.29, 1.82) is 0 Å². The third-order valence-corrected chi connectivity index (χ3v) is 2.07. The lowest BCUT2D eigenvalue weighted by Crippen LogP contribution is -2.07. The highest BCUT2D eigenvalue weighted by Crippen LogP contribution is 2.47. The van der Waals surface area contributed by atoms with Crippen molar-refractivity contribution in [2.24, 2.45) is 5.92 Å². The van der Waals surface area contributed by atoms with Gasteiger partial charge in [-0.3, -0.25) is 4.79 Å². The molecule has 1 saturated carbocycles. The normalized spacial score (nSPS) is 25.6. The molecule has 0 N–H and O–H groups in total. The zero-order chi connectivity index (χ0) is 9.26. The molecule has 0 aliphatic heterocycles. The second-order valence-electron chi connectivity index (χ2n) is 2.98. The summed E-state index contributed by atoms with van der Waals surface area (Å²) in [5.74, 6) is 0.394. The Morgan fingerprint density at radius 1 is 1.85 bits per heavy atom. The average molecular weight is 182 g/mol. The topological polar surface area (TPSA) is 65.2 Å². The number of carbonyl (C=O) groups is 1. The summed E-state index contributed by atoms with van der Waals surface area (Å²) in [5, 5.41) is 7.30. The number of rotatable bonds is 3. The molecule has 1 aromatic heterocycles. The number of hydrogen-bond donors (Lipinski definition) is 0. The van der Waals surface area contributed by atoms with Crippen LogP contribution in [0, 0.1) is 5.92 Å². The van der Waals surface area contributed by atoms with Crippen LogP contribution in [0.1, 0.15) is 25.2 Å². The van der Waals surface area contributed by atoms with Gasteiger partial charge < -0.3 is 9.15 Å². The van der Waals surface area contributed by atoms with Gasteiger partial charge in [-0.05, 0) is 13.3 Å². The molecule has 70 valence electrons. The van der Waals surface area contributed by atoms with E-state index in [1.807, 2.05) is 0 Å². The number of aromatic nitrogens is 2. The molecule has 1 fully saturated rings. The van der Waals surface area contributed by atoms with E-state index in [2.05, 4.69) is 10.2 Å². The van der Waals surface area contributed by atoms with E-state index < -0.39 is 0 Å². The first-order chi connectivity index (χ1) is 6.33. The van der Waals surface area contributed by atoms with Crippen LogP contribution in [-0.2, 0) is 9.53 Å². The summed E-state index contributed by atoms with van der Waals surface area (Å²) in [6, 6.07) is 0. The largest absolute Gasteiger partial charge is 0.466 e. The molecule has 0 saturated heterocycles. The second kappa shape index (κ2) is 3.16. The molecular formula is C8H10N2O3. The number of ether oxygens (including phenoxy) is 1. The first kappa shape index (κ1) is 8.22. The number of nitrogens with zero attached hydrogens (tertiary/aromatic N) is 2. The van der Waals surface area contributed by atoms with Gasteiger partial charge in [-0.15, -0.1) is 10.2 Å². The van der Waals surface area contributed by atoms with E-state index in [9.17, 15) is 4.79 Å². The maximum absolute atomic E-state index is 11.2. The van der Waals surface area contributed by atoms with Crippen molar-refractivity contribution in [2.45, 2.75) is 19.3 Å². The Kier molecular flexibility index (Phi) is 2.00. The Balaban J connectivity index is 1.92. The Hall–Kier alpha value is -1.39. The Morgan fingerprint density at radius 3 is 3.31 bits per heavy atom. The minimum atomic E-state index is -0.161. The van der Waals surface area contributed by atoms with E-state index in [1.54, 1.807) is 6.92 Å². The summed E-state index contributed by atoms with van der Waals surface area (Å²) in [6.45, 7) is 2.22. The fourth-order valence-electron chi connectivity index (χ4n) is 1.32. The van der Waals surface area contributed by atoms with E-state index in [0.29, 0.717) is 12.5 Å². The lowest BCUT2D eigenvalue weighted by molar-refractivity contribution is -0.144. The smallest absolute Gasteiger partial charge is 0.309 e. The van der Waals surface area contributed by atoms with Gasteiger partial charge in [0.05, 0.1) is 18.4 Å². The fourth-order valence-corrected chi connectivity index (χ4v) is 1.32. The summed E-state index contributed by atoms with van der Waals surface area (Å²) in [5.41, 5.74) is 0. The SMILES string of the molecule is CCOC(=O)C1CC1c1nnco1. The lowest BCUT2D eigenvalue weighted by atomic mass is 10.3. The van der Waals surface area contributed by atoms with Crippen LogP contribution in [0.2, 0.25) is 0 Å². The van der Waals surface area contributed by atoms with Crippen molar-refractivity contribution in [3.05, 3.63) is 12.3 Å². The van der Waals surface area contributed by atoms with Crippen LogP contribution in [0.4, 0.5) is 0 Å². The van der Waals surface area contributed by atoms with Crippen LogP contribution in [0.15, 0.2) is 10.8 Å². The van der Waals surface area contributed by atoms with E-state index in [-0.39, 0.29) is 17.8 Å². The molecular weight excluding hydrogens is 172 g/mol. The van der Waals surface area contributed by atoms with Gasteiger partial charge in [-0.25, -0.2) is 0 Å². The molecule has 1 aliphatic rings. The fraction of sp³-hybridized carbons (Fsp3) is 0.625. The molecule has 2 atom stereocenters. The van der Waals surface area contributed by atoms with Crippen LogP contribution >= 0.6 is 0 Å². The maximum Gasteiger partial charge on any atom is 0.309 e. The predicted octanol–water partition coefficient (Wildman–Crippen LogP) is 0.736. The van der Waals surface area contributed by atoms with Gasteiger partial charge in [0.25, 0.3) is 0 Å². The summed E-state index contributed by atoms with van der Waals surface area (Å²) < 4.78 is 9.85. The monoisotopic (exact) mass is 182 g/mol. The van der Waals surface area contributed by atoms with Crippen molar-refractivity contribution in [1.82, 2.24) is 10.2 Å². The Morgan fingerprint density at radius 2 is 2.69 bits per heavy atom. The van der Waals surface area contributed by atoms with Crippen LogP contribution in [0.25, 0.3) is 0 Å². The van der Waals surface area contributed by atoms with Crippen molar-refractivity contribution in [2.75, 3.05) is 6.61 Å². The third-order valence-electron chi connectivity index (χ3n) is 2.07. The minimum Gasteiger partial charge on any atom is -0.466 e. The predicted molar refractivity (Wildman–Crippen MR) is 41.8 cm³/mol. The van der Waals surface area contributed by atoms with E-state index in [4.69, 9.17) is 9.15 Å². The van der Waals surface area contributed by atoms with Gasteiger partial charge in [0.2, 0.25) is 12.3 Å². The van der Waals surface area contributed by atoms with E-state index in [1.165, 1.54) is 6.39 Å². The Bertz CT molecular complexity index is 296. The molecule has 13 heavy (non-hydrogen) atoms. The Labute approximate surface area is 75.1 Å². The number of carbonyl (C=O) groups excluding carboxylic acids is 1. The van der Waals surface area contributed by atoms with Crippen molar-refractivity contribution in [3.8, 4) is 0 Å². The van der Waals surface area contributed by atoms with Crippen LogP contribution in [0.3, 0.4) is 0 Å². The zero-order valence-corrected chi connectivity index (χ0v) is 7.27. The summed E-state index contributed by atoms with van der Waals surface area (Å²) in [6.07, 6.45) is 2.04. The maximum atomic E-state index is 11.2. The molecule has 1 heterocycles. The molecule has 2 unspecified atom stereocenters. The molecule has 0 bridgehead atoms. The molecule has 5 nitrogen and oxygen atoms in total. The summed E-state index contributed by atoms with van der Waals surface area (Å²) in [4.78, 5) is 11.2. The standard InChI is InChI=1S/C8H10N2O3/c1-2-12-8(11)6-3-5(6)7-10-9-4-13-7/h4-6H,2-3H2,1H3. The molecule has 1 aromatic rings. The third kappa shape index (κ3) is 1.54. The zero-order valence-electron chi connectivity index (χ0n) is 7.27. The number of esters is 1. The van der Waals surface area contributed by atoms with Crippen LogP contribution in [-0.4, -0.2) is 22.8 Å². The van der Waals surface area contributed by atoms with E-state index in [0.717, 1.165) is 6.42 Å². The van der Waals surface area contributed by atoms with Crippen LogP contribution < -0.4 is 0 Å². The summed E-state index contributed by atoms with van der Waals surface area (Å²) >= 11 is 0. The van der Waals surface area contributed by atoms with Gasteiger partial charge in [0.1, 0.15) is 0 Å². The molecule has 0 radical (unpaired) electrons. The first-order valence-electron chi connectivity index (χ1n) is 4.25. The van der Waals surface area contributed by atoms with E-state index >= 15 is 0 Å². The van der Waals surface area contributed by atoms with Crippen molar-refractivity contribution < 1.29 is 13.9 Å². The molecule has 0 spiro atoms. The highest BCUT2D eigenvalue weighted by molar-refractivity contribution is 5.76. The second-order valence-corrected chi connectivity index (χ2v) is 2.98. The van der Waals surface area contributed by atoms with Crippen molar-refractivity contribution in [3.63, 3.8) is 0 Å². The average Bonchev–Trinajstić information content (AvgIpc) is 2.74. The molecule has 1 aliphatic carbocycles. The quantitative estimate of drug-likeness (QED) is 0.645. The highest BCUT2D eigenvalue weighted by atomic mass is 16.5. The molecule has 2 rings (SSSR count). The molecule has 0 aromatic carbocycles. The van der Waals surface area contributed by atoms with Gasteiger partial charge in [-0.2, -0.15) is 0 Å². The first-order valence-corrected chi connectivity index (χ1v) is 4.25. The van der Waals surface area contributed by atoms with Gasteiger partial charge in [0.15, 0.2) is 0 Å². The highest BCUT2D eigenvalue weighted by Gasteiger charge is 2.48. The van der Waals surface area contributed by atoms with Crippen molar-refractivity contribution >= 4 is 5.97 Å². The van der Waals surface area contributed by atoms with Gasteiger partial charge in [0, 0.05) is 0 Å². The molecule has 0 amide bonds. The lowest BCUT2D eigenvalue weighted by Gasteiger charge is -1.97. The van der Waals surface area contributed by atoms with Gasteiger partial charge >= 0.3 is 5.97 Å². The number of hydrogen-bond acceptors (Lipinski definition) is 5. The summed E-state index contributed by atoms with van der Waals surface area (Å²) in [7, 11) is 0. The minimum absolute atomic E-state index is 0.0691. The van der Waals surface area contributed by atoms with Gasteiger partial charge in [-0.1, -0.05) is 0 Å².